The van der Waals surface area contributed by atoms with Crippen molar-refractivity contribution in [3.8, 4) is 0 Å². The number of rotatable bonds is 1. The second kappa shape index (κ2) is 4.33. The van der Waals surface area contributed by atoms with Crippen molar-refractivity contribution >= 4 is 5.69 Å². The van der Waals surface area contributed by atoms with Crippen molar-refractivity contribution in [2.45, 2.75) is 13.0 Å². The predicted molar refractivity (Wildman–Crippen MR) is 56.0 cm³/mol. The Morgan fingerprint density at radius 2 is 2.06 bits per heavy atom. The van der Waals surface area contributed by atoms with E-state index >= 15 is 0 Å². The maximum atomic E-state index is 13.5. The molecular weight excluding hydrogens is 217 g/mol. The van der Waals surface area contributed by atoms with Crippen LogP contribution in [0, 0.1) is 17.5 Å². The zero-order chi connectivity index (χ0) is 11.7. The van der Waals surface area contributed by atoms with E-state index in [0.717, 1.165) is 6.07 Å². The monoisotopic (exact) mass is 230 g/mol. The van der Waals surface area contributed by atoms with Crippen molar-refractivity contribution in [2.24, 2.45) is 0 Å². The van der Waals surface area contributed by atoms with E-state index in [4.69, 9.17) is 0 Å². The van der Waals surface area contributed by atoms with Crippen molar-refractivity contribution in [1.29, 1.82) is 0 Å². The second-order valence-electron chi connectivity index (χ2n) is 4.02. The summed E-state index contributed by atoms with van der Waals surface area (Å²) in [6.45, 7) is 3.71. The SMILES string of the molecule is CC1CN(c2cc(F)cc(F)c2F)CCN1. The summed E-state index contributed by atoms with van der Waals surface area (Å²) < 4.78 is 39.5. The Morgan fingerprint density at radius 3 is 2.75 bits per heavy atom. The lowest BCUT2D eigenvalue weighted by Crippen LogP contribution is -2.49. The van der Waals surface area contributed by atoms with Gasteiger partial charge in [0.25, 0.3) is 0 Å². The van der Waals surface area contributed by atoms with Gasteiger partial charge in [-0.05, 0) is 6.92 Å². The summed E-state index contributed by atoms with van der Waals surface area (Å²) in [7, 11) is 0. The lowest BCUT2D eigenvalue weighted by atomic mass is 10.2. The average molecular weight is 230 g/mol. The highest BCUT2D eigenvalue weighted by Gasteiger charge is 2.21. The molecule has 1 N–H and O–H groups in total. The lowest BCUT2D eigenvalue weighted by Gasteiger charge is -2.33. The maximum Gasteiger partial charge on any atom is 0.182 e. The van der Waals surface area contributed by atoms with Gasteiger partial charge in [0.2, 0.25) is 0 Å². The number of piperazine rings is 1. The van der Waals surface area contributed by atoms with E-state index in [1.54, 1.807) is 4.90 Å². The van der Waals surface area contributed by atoms with Crippen molar-refractivity contribution in [3.63, 3.8) is 0 Å². The summed E-state index contributed by atoms with van der Waals surface area (Å²) in [4.78, 5) is 1.66. The number of halogens is 3. The van der Waals surface area contributed by atoms with Crippen molar-refractivity contribution in [3.05, 3.63) is 29.6 Å². The molecule has 88 valence electrons. The molecule has 0 spiro atoms. The van der Waals surface area contributed by atoms with Gasteiger partial charge in [0, 0.05) is 37.8 Å². The molecule has 1 aliphatic rings. The molecule has 2 nitrogen and oxygen atoms in total. The summed E-state index contributed by atoms with van der Waals surface area (Å²) in [6.07, 6.45) is 0. The van der Waals surface area contributed by atoms with Crippen molar-refractivity contribution in [1.82, 2.24) is 5.32 Å². The molecule has 5 heteroatoms. The number of nitrogens with zero attached hydrogens (tertiary/aromatic N) is 1. The van der Waals surface area contributed by atoms with E-state index in [-0.39, 0.29) is 11.7 Å². The van der Waals surface area contributed by atoms with E-state index in [9.17, 15) is 13.2 Å². The van der Waals surface area contributed by atoms with Crippen LogP contribution in [0.3, 0.4) is 0 Å². The molecule has 0 saturated carbocycles. The van der Waals surface area contributed by atoms with E-state index in [2.05, 4.69) is 5.32 Å². The first-order valence-corrected chi connectivity index (χ1v) is 5.21. The number of benzene rings is 1. The average Bonchev–Trinajstić information content (AvgIpc) is 2.23. The highest BCUT2D eigenvalue weighted by Crippen LogP contribution is 2.24. The summed E-state index contributed by atoms with van der Waals surface area (Å²) >= 11 is 0. The summed E-state index contributed by atoms with van der Waals surface area (Å²) in [5.74, 6) is -2.86. The number of hydrogen-bond acceptors (Lipinski definition) is 2. The summed E-state index contributed by atoms with van der Waals surface area (Å²) in [5, 5.41) is 3.18. The molecule has 0 radical (unpaired) electrons. The van der Waals surface area contributed by atoms with Gasteiger partial charge in [-0.3, -0.25) is 0 Å². The first kappa shape index (κ1) is 11.3. The Morgan fingerprint density at radius 1 is 1.31 bits per heavy atom. The number of nitrogens with one attached hydrogen (secondary N) is 1. The standard InChI is InChI=1S/C11H13F3N2/c1-7-6-16(3-2-15-7)10-5-8(12)4-9(13)11(10)14/h4-5,7,15H,2-3,6H2,1H3. The van der Waals surface area contributed by atoms with Gasteiger partial charge >= 0.3 is 0 Å². The van der Waals surface area contributed by atoms with Crippen LogP contribution < -0.4 is 10.2 Å². The quantitative estimate of drug-likeness (QED) is 0.741. The fourth-order valence-electron chi connectivity index (χ4n) is 1.92. The van der Waals surface area contributed by atoms with Gasteiger partial charge in [0.15, 0.2) is 11.6 Å². The highest BCUT2D eigenvalue weighted by molar-refractivity contribution is 5.49. The van der Waals surface area contributed by atoms with Crippen LogP contribution in [0.25, 0.3) is 0 Å². The third-order valence-corrected chi connectivity index (χ3v) is 2.68. The molecule has 2 rings (SSSR count). The van der Waals surface area contributed by atoms with Gasteiger partial charge in [-0.2, -0.15) is 0 Å². The Bertz CT molecular complexity index is 395. The van der Waals surface area contributed by atoms with Gasteiger partial charge in [-0.25, -0.2) is 13.2 Å². The minimum absolute atomic E-state index is 0.00542. The van der Waals surface area contributed by atoms with Crippen LogP contribution in [0.5, 0.6) is 0 Å². The van der Waals surface area contributed by atoms with E-state index in [1.165, 1.54) is 0 Å². The van der Waals surface area contributed by atoms with Crippen LogP contribution in [0.2, 0.25) is 0 Å². The Labute approximate surface area is 92.1 Å². The van der Waals surface area contributed by atoms with Gasteiger partial charge in [0.1, 0.15) is 5.82 Å². The zero-order valence-electron chi connectivity index (χ0n) is 8.93. The predicted octanol–water partition coefficient (Wildman–Crippen LogP) is 1.90. The van der Waals surface area contributed by atoms with Crippen LogP contribution in [0.15, 0.2) is 12.1 Å². The minimum atomic E-state index is -1.14. The third-order valence-electron chi connectivity index (χ3n) is 2.68. The van der Waals surface area contributed by atoms with E-state index < -0.39 is 17.5 Å². The molecule has 0 aromatic heterocycles. The Balaban J connectivity index is 2.32. The van der Waals surface area contributed by atoms with Crippen LogP contribution >= 0.6 is 0 Å². The van der Waals surface area contributed by atoms with Gasteiger partial charge in [0.05, 0.1) is 5.69 Å². The molecule has 1 atom stereocenters. The van der Waals surface area contributed by atoms with E-state index in [1.807, 2.05) is 6.92 Å². The molecule has 0 amide bonds. The number of hydrogen-bond donors (Lipinski definition) is 1. The van der Waals surface area contributed by atoms with E-state index in [0.29, 0.717) is 25.7 Å². The first-order chi connectivity index (χ1) is 7.58. The third kappa shape index (κ3) is 2.14. The molecule has 1 unspecified atom stereocenters. The molecule has 0 aliphatic carbocycles. The van der Waals surface area contributed by atoms with Crippen LogP contribution in [-0.4, -0.2) is 25.7 Å². The molecule has 1 heterocycles. The maximum absolute atomic E-state index is 13.5. The van der Waals surface area contributed by atoms with Crippen molar-refractivity contribution in [2.75, 3.05) is 24.5 Å². The molecule has 1 aromatic carbocycles. The molecule has 0 bridgehead atoms. The first-order valence-electron chi connectivity index (χ1n) is 5.21. The smallest absolute Gasteiger partial charge is 0.182 e. The van der Waals surface area contributed by atoms with Crippen molar-refractivity contribution < 1.29 is 13.2 Å². The molecule has 1 aliphatic heterocycles. The summed E-state index contributed by atoms with van der Waals surface area (Å²) in [5.41, 5.74) is 0.00542. The minimum Gasteiger partial charge on any atom is -0.366 e. The molecule has 1 aromatic rings. The fourth-order valence-corrected chi connectivity index (χ4v) is 1.92. The zero-order valence-corrected chi connectivity index (χ0v) is 8.93. The lowest BCUT2D eigenvalue weighted by molar-refractivity contribution is 0.461. The fraction of sp³-hybridized carbons (Fsp3) is 0.455. The van der Waals surface area contributed by atoms with Crippen LogP contribution in [-0.2, 0) is 0 Å². The topological polar surface area (TPSA) is 15.3 Å². The van der Waals surface area contributed by atoms with Gasteiger partial charge < -0.3 is 10.2 Å². The highest BCUT2D eigenvalue weighted by atomic mass is 19.2. The largest absolute Gasteiger partial charge is 0.366 e. The Hall–Kier alpha value is -1.23. The molecule has 1 fully saturated rings. The van der Waals surface area contributed by atoms with Gasteiger partial charge in [-0.1, -0.05) is 0 Å². The van der Waals surface area contributed by atoms with Gasteiger partial charge in [-0.15, -0.1) is 0 Å². The molecule has 16 heavy (non-hydrogen) atoms. The molecule has 1 saturated heterocycles. The normalized spacial score (nSPS) is 21.2. The molecular formula is C11H13F3N2. The Kier molecular flexibility index (Phi) is 3.05. The summed E-state index contributed by atoms with van der Waals surface area (Å²) in [6, 6.07) is 1.78. The second-order valence-corrected chi connectivity index (χ2v) is 4.02. The van der Waals surface area contributed by atoms with Crippen LogP contribution in [0.1, 0.15) is 6.92 Å². The number of anilines is 1. The van der Waals surface area contributed by atoms with Crippen LogP contribution in [0.4, 0.5) is 18.9 Å².